The van der Waals surface area contributed by atoms with Crippen molar-refractivity contribution in [3.8, 4) is 11.5 Å². The van der Waals surface area contributed by atoms with E-state index in [0.717, 1.165) is 49.7 Å². The summed E-state index contributed by atoms with van der Waals surface area (Å²) in [5.41, 5.74) is 1.94. The fraction of sp³-hybridized carbons (Fsp3) is 0.375. The maximum atomic E-state index is 13.4. The van der Waals surface area contributed by atoms with Gasteiger partial charge in [0, 0.05) is 32.7 Å². The Hall–Kier alpha value is -3.30. The van der Waals surface area contributed by atoms with Gasteiger partial charge in [0.05, 0.1) is 26.8 Å². The summed E-state index contributed by atoms with van der Waals surface area (Å²) in [6.07, 6.45) is 1.94. The van der Waals surface area contributed by atoms with E-state index in [4.69, 9.17) is 9.47 Å². The minimum absolute atomic E-state index is 0.175. The Balaban J connectivity index is 1.69. The molecular weight excluding hydrogens is 423 g/mol. The highest BCUT2D eigenvalue weighted by Crippen LogP contribution is 2.35. The molecule has 2 aromatic carbocycles. The fourth-order valence-corrected chi connectivity index (χ4v) is 4.22. The Morgan fingerprint density at radius 1 is 1.03 bits per heavy atom. The number of aromatic nitrogens is 4. The van der Waals surface area contributed by atoms with Crippen LogP contribution in [-0.4, -0.2) is 77.0 Å². The van der Waals surface area contributed by atoms with E-state index in [1.165, 1.54) is 12.1 Å². The van der Waals surface area contributed by atoms with E-state index < -0.39 is 0 Å². The average Bonchev–Trinajstić information content (AvgIpc) is 3.29. The summed E-state index contributed by atoms with van der Waals surface area (Å²) >= 11 is 0. The van der Waals surface area contributed by atoms with Crippen molar-refractivity contribution in [2.75, 3.05) is 46.9 Å². The number of nitrogens with zero attached hydrogens (tertiary/aromatic N) is 6. The van der Waals surface area contributed by atoms with E-state index in [9.17, 15) is 4.39 Å². The average molecular weight is 453 g/mol. The third kappa shape index (κ3) is 5.20. The van der Waals surface area contributed by atoms with Crippen molar-refractivity contribution in [3.63, 3.8) is 0 Å². The maximum absolute atomic E-state index is 13.4. The quantitative estimate of drug-likeness (QED) is 0.463. The molecule has 0 amide bonds. The largest absolute Gasteiger partial charge is 0.493 e. The zero-order valence-corrected chi connectivity index (χ0v) is 19.0. The number of halogens is 1. The molecule has 0 saturated carbocycles. The van der Waals surface area contributed by atoms with Gasteiger partial charge in [0.15, 0.2) is 17.3 Å². The van der Waals surface area contributed by atoms with E-state index in [2.05, 4.69) is 31.9 Å². The number of benzene rings is 2. The zero-order valence-electron chi connectivity index (χ0n) is 19.0. The number of hydrogen-bond donors (Lipinski definition) is 0. The normalized spacial score (nSPS) is 15.8. The number of rotatable bonds is 9. The van der Waals surface area contributed by atoms with Crippen molar-refractivity contribution in [1.29, 1.82) is 0 Å². The minimum Gasteiger partial charge on any atom is -0.493 e. The van der Waals surface area contributed by atoms with Gasteiger partial charge in [-0.05, 0) is 45.8 Å². The van der Waals surface area contributed by atoms with Gasteiger partial charge in [-0.15, -0.1) is 11.7 Å². The van der Waals surface area contributed by atoms with Crippen LogP contribution >= 0.6 is 0 Å². The van der Waals surface area contributed by atoms with Crippen LogP contribution in [-0.2, 0) is 6.54 Å². The maximum Gasteiger partial charge on any atom is 0.173 e. The molecule has 0 aliphatic carbocycles. The summed E-state index contributed by atoms with van der Waals surface area (Å²) in [6.45, 7) is 8.74. The highest BCUT2D eigenvalue weighted by Gasteiger charge is 2.31. The van der Waals surface area contributed by atoms with E-state index >= 15 is 0 Å². The van der Waals surface area contributed by atoms with Crippen LogP contribution in [0.25, 0.3) is 0 Å². The van der Waals surface area contributed by atoms with Crippen LogP contribution in [0, 0.1) is 5.82 Å². The van der Waals surface area contributed by atoms with Crippen LogP contribution < -0.4 is 9.47 Å². The van der Waals surface area contributed by atoms with Crippen LogP contribution in [0.4, 0.5) is 4.39 Å². The van der Waals surface area contributed by atoms with E-state index in [1.807, 2.05) is 24.3 Å². The van der Waals surface area contributed by atoms with Gasteiger partial charge in [0.2, 0.25) is 0 Å². The molecule has 2 heterocycles. The third-order valence-corrected chi connectivity index (χ3v) is 5.93. The van der Waals surface area contributed by atoms with E-state index in [-0.39, 0.29) is 11.9 Å². The van der Waals surface area contributed by atoms with Crippen LogP contribution in [0.15, 0.2) is 55.1 Å². The Labute approximate surface area is 193 Å². The molecule has 1 aromatic heterocycles. The number of tetrazole rings is 1. The van der Waals surface area contributed by atoms with Crippen LogP contribution in [0.1, 0.15) is 23.0 Å². The molecule has 1 fully saturated rings. The van der Waals surface area contributed by atoms with Crippen LogP contribution in [0.3, 0.4) is 0 Å². The first kappa shape index (κ1) is 22.9. The van der Waals surface area contributed by atoms with Gasteiger partial charge in [-0.3, -0.25) is 9.80 Å². The molecule has 0 unspecified atom stereocenters. The first-order valence-electron chi connectivity index (χ1n) is 10.9. The Morgan fingerprint density at radius 2 is 1.76 bits per heavy atom. The molecule has 1 aliphatic heterocycles. The lowest BCUT2D eigenvalue weighted by Gasteiger charge is -2.38. The number of ether oxygens (including phenoxy) is 2. The Bertz CT molecular complexity index is 1060. The lowest BCUT2D eigenvalue weighted by molar-refractivity contribution is 0.112. The summed E-state index contributed by atoms with van der Waals surface area (Å²) < 4.78 is 26.1. The molecular formula is C24H29FN6O2. The van der Waals surface area contributed by atoms with Crippen molar-refractivity contribution in [2.24, 2.45) is 0 Å². The molecule has 1 aliphatic rings. The molecule has 3 aromatic rings. The van der Waals surface area contributed by atoms with Crippen molar-refractivity contribution < 1.29 is 13.9 Å². The second-order valence-corrected chi connectivity index (χ2v) is 7.96. The minimum atomic E-state index is -0.267. The van der Waals surface area contributed by atoms with Gasteiger partial charge in [-0.1, -0.05) is 24.3 Å². The van der Waals surface area contributed by atoms with Crippen LogP contribution in [0.5, 0.6) is 11.5 Å². The summed E-state index contributed by atoms with van der Waals surface area (Å²) in [7, 11) is 3.25. The molecule has 33 heavy (non-hydrogen) atoms. The van der Waals surface area contributed by atoms with Crippen molar-refractivity contribution in [2.45, 2.75) is 12.6 Å². The first-order chi connectivity index (χ1) is 16.1. The monoisotopic (exact) mass is 452 g/mol. The van der Waals surface area contributed by atoms with Crippen molar-refractivity contribution in [1.82, 2.24) is 30.0 Å². The van der Waals surface area contributed by atoms with Crippen molar-refractivity contribution >= 4 is 0 Å². The number of hydrogen-bond acceptors (Lipinski definition) is 7. The van der Waals surface area contributed by atoms with Gasteiger partial charge in [0.1, 0.15) is 5.82 Å². The summed E-state index contributed by atoms with van der Waals surface area (Å²) in [6, 6.07) is 12.1. The molecule has 0 N–H and O–H groups in total. The highest BCUT2D eigenvalue weighted by atomic mass is 19.1. The van der Waals surface area contributed by atoms with E-state index in [0.29, 0.717) is 18.0 Å². The lowest BCUT2D eigenvalue weighted by atomic mass is 10.0. The fourth-order valence-electron chi connectivity index (χ4n) is 4.22. The SMILES string of the molecule is C=CCN1CCN([C@H](c2ccc(OC)c(OC)c2)c2nnnn2Cc2ccc(F)cc2)CC1. The second kappa shape index (κ2) is 10.5. The predicted octanol–water partition coefficient (Wildman–Crippen LogP) is 2.77. The van der Waals surface area contributed by atoms with E-state index in [1.54, 1.807) is 31.0 Å². The molecule has 8 nitrogen and oxygen atoms in total. The molecule has 0 radical (unpaired) electrons. The van der Waals surface area contributed by atoms with Gasteiger partial charge < -0.3 is 9.47 Å². The molecule has 1 atom stereocenters. The zero-order chi connectivity index (χ0) is 23.2. The van der Waals surface area contributed by atoms with Gasteiger partial charge >= 0.3 is 0 Å². The number of methoxy groups -OCH3 is 2. The van der Waals surface area contributed by atoms with Gasteiger partial charge in [0.25, 0.3) is 0 Å². The summed E-state index contributed by atoms with van der Waals surface area (Å²) in [4.78, 5) is 4.75. The summed E-state index contributed by atoms with van der Waals surface area (Å²) in [5.74, 6) is 1.78. The topological polar surface area (TPSA) is 68.5 Å². The van der Waals surface area contributed by atoms with Gasteiger partial charge in [-0.2, -0.15) is 0 Å². The molecule has 0 spiro atoms. The molecule has 9 heteroatoms. The highest BCUT2D eigenvalue weighted by molar-refractivity contribution is 5.45. The number of piperazine rings is 1. The molecule has 1 saturated heterocycles. The molecule has 174 valence electrons. The van der Waals surface area contributed by atoms with Crippen LogP contribution in [0.2, 0.25) is 0 Å². The second-order valence-electron chi connectivity index (χ2n) is 7.96. The molecule has 0 bridgehead atoms. The Kier molecular flexibility index (Phi) is 7.31. The van der Waals surface area contributed by atoms with Crippen molar-refractivity contribution in [3.05, 3.63) is 77.9 Å². The third-order valence-electron chi connectivity index (χ3n) is 5.93. The molecule has 4 rings (SSSR count). The smallest absolute Gasteiger partial charge is 0.173 e. The predicted molar refractivity (Wildman–Crippen MR) is 123 cm³/mol. The standard InChI is InChI=1S/C24H29FN6O2/c1-4-11-29-12-14-30(15-13-29)23(19-7-10-21(32-2)22(16-19)33-3)24-26-27-28-31(24)17-18-5-8-20(25)9-6-18/h4-10,16,23H,1,11-15,17H2,2-3H3/t23-/m1/s1. The lowest BCUT2D eigenvalue weighted by Crippen LogP contribution is -2.48. The summed E-state index contributed by atoms with van der Waals surface area (Å²) in [5, 5.41) is 12.7. The Morgan fingerprint density at radius 3 is 2.42 bits per heavy atom. The first-order valence-corrected chi connectivity index (χ1v) is 10.9. The van der Waals surface area contributed by atoms with Gasteiger partial charge in [-0.25, -0.2) is 9.07 Å².